The number of thiazole rings is 1. The molecule has 4 N–H and O–H groups in total. The molecule has 1 aromatic heterocycles. The molecule has 0 aliphatic rings. The van der Waals surface area contributed by atoms with E-state index in [0.29, 0.717) is 34.1 Å². The van der Waals surface area contributed by atoms with Crippen LogP contribution in [0.1, 0.15) is 34.8 Å². The first-order valence-electron chi connectivity index (χ1n) is 14.4. The summed E-state index contributed by atoms with van der Waals surface area (Å²) < 4.78 is 6.38. The summed E-state index contributed by atoms with van der Waals surface area (Å²) in [6.45, 7) is 3.96. The maximum absolute atomic E-state index is 13.6. The number of rotatable bonds is 11. The van der Waals surface area contributed by atoms with Crippen LogP contribution in [-0.4, -0.2) is 40.2 Å². The summed E-state index contributed by atoms with van der Waals surface area (Å²) in [6, 6.07) is 26.1. The number of aryl methyl sites for hydroxylation is 1. The molecule has 234 valence electrons. The van der Waals surface area contributed by atoms with Crippen molar-refractivity contribution in [3.63, 3.8) is 0 Å². The lowest BCUT2D eigenvalue weighted by molar-refractivity contribution is -0.116. The van der Waals surface area contributed by atoms with Gasteiger partial charge in [0.2, 0.25) is 5.91 Å². The Bertz CT molecular complexity index is 1920. The summed E-state index contributed by atoms with van der Waals surface area (Å²) in [5.74, 6) is -0.879. The number of methoxy groups -OCH3 is 1. The number of hydrogen-bond donors (Lipinski definition) is 4. The van der Waals surface area contributed by atoms with Gasteiger partial charge in [0.25, 0.3) is 11.8 Å². The van der Waals surface area contributed by atoms with Gasteiger partial charge in [0, 0.05) is 27.8 Å². The molecule has 1 heterocycles. The molecule has 0 spiro atoms. The Morgan fingerprint density at radius 1 is 0.978 bits per heavy atom. The first-order valence-corrected chi connectivity index (χ1v) is 16.1. The summed E-state index contributed by atoms with van der Waals surface area (Å²) in [7, 11) is 1.45. The van der Waals surface area contributed by atoms with E-state index < -0.39 is 17.1 Å². The van der Waals surface area contributed by atoms with E-state index in [2.05, 4.69) is 20.9 Å². The standard InChI is InChI=1S/C35H32N4O5S2/c1-4-30(34(43)39-35-38-27-16-13-21(2)17-31(27)46-35)45-26-12-8-11-24(19-26)36-33(42)28(37-32(41)22-9-6-5-7-10-22)18-23-14-15-25(40)20-29(23)44-3/h5-20,30,40H,4H2,1-3H3,(H,36,42)(H,37,41)(H,38,39,43)/b28-18+. The number of benzene rings is 4. The molecule has 46 heavy (non-hydrogen) atoms. The van der Waals surface area contributed by atoms with Gasteiger partial charge in [-0.15, -0.1) is 11.8 Å². The summed E-state index contributed by atoms with van der Waals surface area (Å²) in [5.41, 5.74) is 3.26. The van der Waals surface area contributed by atoms with E-state index in [4.69, 9.17) is 4.74 Å². The van der Waals surface area contributed by atoms with E-state index in [0.717, 1.165) is 20.7 Å². The molecule has 5 aromatic rings. The van der Waals surface area contributed by atoms with Gasteiger partial charge in [-0.1, -0.05) is 48.6 Å². The van der Waals surface area contributed by atoms with Crippen LogP contribution in [0, 0.1) is 6.92 Å². The van der Waals surface area contributed by atoms with Crippen LogP contribution >= 0.6 is 23.1 Å². The first kappa shape index (κ1) is 32.3. The first-order chi connectivity index (χ1) is 22.2. The third kappa shape index (κ3) is 8.12. The number of aromatic hydroxyl groups is 1. The molecule has 0 radical (unpaired) electrons. The number of fused-ring (bicyclic) bond motifs is 1. The lowest BCUT2D eigenvalue weighted by Crippen LogP contribution is -2.30. The molecule has 0 saturated heterocycles. The molecule has 0 bridgehead atoms. The molecule has 0 aliphatic heterocycles. The van der Waals surface area contributed by atoms with Crippen molar-refractivity contribution in [1.82, 2.24) is 10.3 Å². The highest BCUT2D eigenvalue weighted by atomic mass is 32.2. The van der Waals surface area contributed by atoms with E-state index in [1.54, 1.807) is 54.6 Å². The molecule has 5 rings (SSSR count). The maximum Gasteiger partial charge on any atom is 0.272 e. The number of hydrogen-bond acceptors (Lipinski definition) is 8. The summed E-state index contributed by atoms with van der Waals surface area (Å²) >= 11 is 2.82. The van der Waals surface area contributed by atoms with Crippen LogP contribution < -0.4 is 20.7 Å². The van der Waals surface area contributed by atoms with Crippen molar-refractivity contribution < 1.29 is 24.2 Å². The Morgan fingerprint density at radius 2 is 1.78 bits per heavy atom. The fourth-order valence-electron chi connectivity index (χ4n) is 4.52. The normalized spacial score (nSPS) is 11.9. The average Bonchev–Trinajstić information content (AvgIpc) is 3.45. The van der Waals surface area contributed by atoms with Crippen LogP contribution in [-0.2, 0) is 9.59 Å². The number of phenols is 1. The number of nitrogens with zero attached hydrogens (tertiary/aromatic N) is 1. The smallest absolute Gasteiger partial charge is 0.272 e. The van der Waals surface area contributed by atoms with Gasteiger partial charge >= 0.3 is 0 Å². The lowest BCUT2D eigenvalue weighted by atomic mass is 10.1. The topological polar surface area (TPSA) is 130 Å². The predicted molar refractivity (Wildman–Crippen MR) is 185 cm³/mol. The number of nitrogens with one attached hydrogen (secondary N) is 3. The average molecular weight is 653 g/mol. The van der Waals surface area contributed by atoms with Crippen molar-refractivity contribution in [1.29, 1.82) is 0 Å². The van der Waals surface area contributed by atoms with E-state index in [1.807, 2.05) is 38.1 Å². The van der Waals surface area contributed by atoms with Crippen molar-refractivity contribution >= 4 is 67.9 Å². The second kappa shape index (κ2) is 14.8. The molecule has 11 heteroatoms. The molecule has 0 aliphatic carbocycles. The summed E-state index contributed by atoms with van der Waals surface area (Å²) in [5, 5.41) is 18.5. The van der Waals surface area contributed by atoms with Crippen LogP contribution in [0.5, 0.6) is 11.5 Å². The van der Waals surface area contributed by atoms with Crippen molar-refractivity contribution in [2.75, 3.05) is 17.7 Å². The molecule has 1 atom stereocenters. The lowest BCUT2D eigenvalue weighted by Gasteiger charge is -2.15. The minimum atomic E-state index is -0.572. The van der Waals surface area contributed by atoms with Crippen molar-refractivity contribution in [2.45, 2.75) is 30.4 Å². The van der Waals surface area contributed by atoms with Gasteiger partial charge in [-0.05, 0) is 79.6 Å². The number of carbonyl (C=O) groups is 3. The zero-order valence-corrected chi connectivity index (χ0v) is 27.0. The highest BCUT2D eigenvalue weighted by Crippen LogP contribution is 2.31. The minimum absolute atomic E-state index is 0.00290. The van der Waals surface area contributed by atoms with Crippen LogP contribution in [0.3, 0.4) is 0 Å². The molecule has 9 nitrogen and oxygen atoms in total. The van der Waals surface area contributed by atoms with E-state index in [1.165, 1.54) is 48.4 Å². The second-order valence-electron chi connectivity index (χ2n) is 10.3. The summed E-state index contributed by atoms with van der Waals surface area (Å²) in [4.78, 5) is 45.1. The molecular formula is C35H32N4O5S2. The van der Waals surface area contributed by atoms with E-state index >= 15 is 0 Å². The van der Waals surface area contributed by atoms with Crippen LogP contribution in [0.4, 0.5) is 10.8 Å². The van der Waals surface area contributed by atoms with Crippen molar-refractivity contribution in [2.24, 2.45) is 0 Å². The Morgan fingerprint density at radius 3 is 2.54 bits per heavy atom. The fraction of sp³-hybridized carbons (Fsp3) is 0.143. The monoisotopic (exact) mass is 652 g/mol. The molecule has 0 fully saturated rings. The quantitative estimate of drug-likeness (QED) is 0.0875. The van der Waals surface area contributed by atoms with Crippen LogP contribution in [0.2, 0.25) is 0 Å². The summed E-state index contributed by atoms with van der Waals surface area (Å²) in [6.07, 6.45) is 2.05. The number of carbonyl (C=O) groups excluding carboxylic acids is 3. The Kier molecular flexibility index (Phi) is 10.4. The van der Waals surface area contributed by atoms with Crippen molar-refractivity contribution in [3.05, 3.63) is 113 Å². The molecule has 0 saturated carbocycles. The Balaban J connectivity index is 1.33. The number of anilines is 2. The van der Waals surface area contributed by atoms with Gasteiger partial charge in [0.1, 0.15) is 17.2 Å². The van der Waals surface area contributed by atoms with E-state index in [-0.39, 0.29) is 17.4 Å². The Labute approximate surface area is 274 Å². The molecule has 4 aromatic carbocycles. The number of thioether (sulfide) groups is 1. The SMILES string of the molecule is CCC(Sc1cccc(NC(=O)/C(=C\c2ccc(O)cc2OC)NC(=O)c2ccccc2)c1)C(=O)Nc1nc2ccc(C)cc2s1. The fourth-order valence-corrected chi connectivity index (χ4v) is 6.50. The second-order valence-corrected chi connectivity index (χ2v) is 12.6. The molecular weight excluding hydrogens is 621 g/mol. The molecule has 1 unspecified atom stereocenters. The number of phenolic OH excluding ortho intramolecular Hbond substituents is 1. The predicted octanol–water partition coefficient (Wildman–Crippen LogP) is 7.24. The molecule has 3 amide bonds. The van der Waals surface area contributed by atoms with Gasteiger partial charge < -0.3 is 25.8 Å². The maximum atomic E-state index is 13.6. The minimum Gasteiger partial charge on any atom is -0.508 e. The number of aromatic nitrogens is 1. The highest BCUT2D eigenvalue weighted by Gasteiger charge is 2.21. The number of amides is 3. The third-order valence-electron chi connectivity index (χ3n) is 6.85. The van der Waals surface area contributed by atoms with Gasteiger partial charge in [0.05, 0.1) is 22.6 Å². The van der Waals surface area contributed by atoms with Gasteiger partial charge in [-0.3, -0.25) is 14.4 Å². The van der Waals surface area contributed by atoms with E-state index in [9.17, 15) is 19.5 Å². The zero-order chi connectivity index (χ0) is 32.6. The van der Waals surface area contributed by atoms with Crippen molar-refractivity contribution in [3.8, 4) is 11.5 Å². The van der Waals surface area contributed by atoms with Gasteiger partial charge in [-0.25, -0.2) is 4.98 Å². The highest BCUT2D eigenvalue weighted by molar-refractivity contribution is 8.00. The van der Waals surface area contributed by atoms with Crippen LogP contribution in [0.25, 0.3) is 16.3 Å². The number of ether oxygens (including phenoxy) is 1. The Hall–Kier alpha value is -5.13. The van der Waals surface area contributed by atoms with Gasteiger partial charge in [-0.2, -0.15) is 0 Å². The third-order valence-corrected chi connectivity index (χ3v) is 9.14. The van der Waals surface area contributed by atoms with Gasteiger partial charge in [0.15, 0.2) is 5.13 Å². The zero-order valence-electron chi connectivity index (χ0n) is 25.4. The van der Waals surface area contributed by atoms with Crippen LogP contribution in [0.15, 0.2) is 102 Å². The largest absolute Gasteiger partial charge is 0.508 e.